The number of aryl methyl sites for hydroxylation is 1. The van der Waals surface area contributed by atoms with Crippen molar-refractivity contribution in [2.75, 3.05) is 30.6 Å². The third-order valence-electron chi connectivity index (χ3n) is 5.43. The van der Waals surface area contributed by atoms with Crippen LogP contribution in [-0.4, -0.2) is 32.6 Å². The Morgan fingerprint density at radius 2 is 1.58 bits per heavy atom. The van der Waals surface area contributed by atoms with Gasteiger partial charge in [-0.05, 0) is 36.8 Å². The molecule has 0 bridgehead atoms. The number of anilines is 2. The summed E-state index contributed by atoms with van der Waals surface area (Å²) in [5.74, 6) is 0.707. The van der Waals surface area contributed by atoms with Gasteiger partial charge in [-0.15, -0.1) is 0 Å². The fourth-order valence-electron chi connectivity index (χ4n) is 3.83. The number of rotatable bonds is 5. The number of amides is 2. The van der Waals surface area contributed by atoms with Gasteiger partial charge in [0.25, 0.3) is 5.91 Å². The Balaban J connectivity index is 1.82. The molecule has 1 aliphatic rings. The van der Waals surface area contributed by atoms with Gasteiger partial charge in [-0.2, -0.15) is 0 Å². The maximum Gasteiger partial charge on any atom is 0.255 e. The minimum Gasteiger partial charge on any atom is -0.497 e. The molecule has 0 spiro atoms. The maximum absolute atomic E-state index is 13.8. The van der Waals surface area contributed by atoms with E-state index < -0.39 is 6.04 Å². The van der Waals surface area contributed by atoms with Crippen molar-refractivity contribution >= 4 is 23.2 Å². The number of benzene rings is 3. The van der Waals surface area contributed by atoms with E-state index in [-0.39, 0.29) is 18.4 Å². The van der Waals surface area contributed by atoms with Gasteiger partial charge in [-0.1, -0.05) is 48.0 Å². The fraction of sp³-hybridized carbons (Fsp3) is 0.200. The molecule has 31 heavy (non-hydrogen) atoms. The van der Waals surface area contributed by atoms with Crippen molar-refractivity contribution < 1.29 is 19.1 Å². The SMILES string of the molecule is COc1ccc(N2CC(=O)N(c3ccccc3)[C@H](c3ccc(C)cc3)C2=O)c(OC)c1. The first-order valence-corrected chi connectivity index (χ1v) is 10.0. The molecular weight excluding hydrogens is 392 g/mol. The highest BCUT2D eigenvalue weighted by molar-refractivity contribution is 6.15. The monoisotopic (exact) mass is 416 g/mol. The highest BCUT2D eigenvalue weighted by atomic mass is 16.5. The molecule has 1 saturated heterocycles. The van der Waals surface area contributed by atoms with Crippen LogP contribution in [0.25, 0.3) is 0 Å². The summed E-state index contributed by atoms with van der Waals surface area (Å²) in [6.07, 6.45) is 0. The summed E-state index contributed by atoms with van der Waals surface area (Å²) in [7, 11) is 3.09. The molecule has 0 aromatic heterocycles. The second-order valence-electron chi connectivity index (χ2n) is 7.37. The van der Waals surface area contributed by atoms with E-state index in [1.54, 1.807) is 30.2 Å². The quantitative estimate of drug-likeness (QED) is 0.627. The first kappa shape index (κ1) is 20.5. The standard InChI is InChI=1S/C25H24N2O4/c1-17-9-11-18(12-10-17)24-25(29)26(21-14-13-20(30-2)15-22(21)31-3)16-23(28)27(24)19-7-5-4-6-8-19/h4-15,24H,16H2,1-3H3/t24-/m1/s1. The van der Waals surface area contributed by atoms with E-state index in [4.69, 9.17) is 9.47 Å². The summed E-state index contributed by atoms with van der Waals surface area (Å²) in [6, 6.07) is 21.4. The average molecular weight is 416 g/mol. The van der Waals surface area contributed by atoms with Gasteiger partial charge in [0.15, 0.2) is 0 Å². The molecule has 0 saturated carbocycles. The number of nitrogens with zero attached hydrogens (tertiary/aromatic N) is 2. The second-order valence-corrected chi connectivity index (χ2v) is 7.37. The first-order chi connectivity index (χ1) is 15.0. The van der Waals surface area contributed by atoms with Crippen LogP contribution >= 0.6 is 0 Å². The summed E-state index contributed by atoms with van der Waals surface area (Å²) >= 11 is 0. The predicted molar refractivity (Wildman–Crippen MR) is 120 cm³/mol. The van der Waals surface area contributed by atoms with Crippen LogP contribution in [0.1, 0.15) is 17.2 Å². The van der Waals surface area contributed by atoms with E-state index in [2.05, 4.69) is 0 Å². The number of hydrogen-bond donors (Lipinski definition) is 0. The number of carbonyl (C=O) groups is 2. The minimum absolute atomic E-state index is 0.0845. The highest BCUT2D eigenvalue weighted by Gasteiger charge is 2.42. The zero-order chi connectivity index (χ0) is 22.0. The van der Waals surface area contributed by atoms with Gasteiger partial charge in [0.1, 0.15) is 24.1 Å². The lowest BCUT2D eigenvalue weighted by Crippen LogP contribution is -2.56. The normalized spacial score (nSPS) is 16.4. The van der Waals surface area contributed by atoms with Crippen LogP contribution in [-0.2, 0) is 9.59 Å². The first-order valence-electron chi connectivity index (χ1n) is 10.0. The summed E-state index contributed by atoms with van der Waals surface area (Å²) in [5.41, 5.74) is 3.06. The van der Waals surface area contributed by atoms with E-state index >= 15 is 0 Å². The van der Waals surface area contributed by atoms with E-state index in [0.717, 1.165) is 11.1 Å². The summed E-state index contributed by atoms with van der Waals surface area (Å²) in [5, 5.41) is 0. The molecule has 158 valence electrons. The van der Waals surface area contributed by atoms with Crippen molar-refractivity contribution in [3.05, 3.63) is 83.9 Å². The van der Waals surface area contributed by atoms with Gasteiger partial charge in [0.05, 0.1) is 19.9 Å². The third-order valence-corrected chi connectivity index (χ3v) is 5.43. The lowest BCUT2D eigenvalue weighted by Gasteiger charge is -2.40. The molecule has 6 nitrogen and oxygen atoms in total. The molecule has 0 unspecified atom stereocenters. The van der Waals surface area contributed by atoms with Gasteiger partial charge >= 0.3 is 0 Å². The zero-order valence-electron chi connectivity index (χ0n) is 17.7. The third kappa shape index (κ3) is 3.84. The van der Waals surface area contributed by atoms with Gasteiger partial charge in [0.2, 0.25) is 5.91 Å². The molecule has 0 aliphatic carbocycles. The summed E-state index contributed by atoms with van der Waals surface area (Å²) < 4.78 is 10.8. The van der Waals surface area contributed by atoms with Crippen LogP contribution in [0, 0.1) is 6.92 Å². The van der Waals surface area contributed by atoms with Crippen molar-refractivity contribution in [3.8, 4) is 11.5 Å². The molecule has 1 heterocycles. The Morgan fingerprint density at radius 1 is 0.871 bits per heavy atom. The number of ether oxygens (including phenoxy) is 2. The Morgan fingerprint density at radius 3 is 2.23 bits per heavy atom. The average Bonchev–Trinajstić information content (AvgIpc) is 2.81. The molecule has 0 radical (unpaired) electrons. The van der Waals surface area contributed by atoms with Gasteiger partial charge in [-0.3, -0.25) is 19.4 Å². The lowest BCUT2D eigenvalue weighted by atomic mass is 9.98. The molecule has 6 heteroatoms. The van der Waals surface area contributed by atoms with Crippen LogP contribution in [0.15, 0.2) is 72.8 Å². The molecule has 1 fully saturated rings. The largest absolute Gasteiger partial charge is 0.497 e. The molecule has 3 aromatic rings. The molecule has 4 rings (SSSR count). The highest BCUT2D eigenvalue weighted by Crippen LogP contribution is 2.38. The van der Waals surface area contributed by atoms with Gasteiger partial charge < -0.3 is 9.47 Å². The van der Waals surface area contributed by atoms with E-state index in [9.17, 15) is 9.59 Å². The molecule has 0 N–H and O–H groups in total. The van der Waals surface area contributed by atoms with Crippen LogP contribution in [0.4, 0.5) is 11.4 Å². The topological polar surface area (TPSA) is 59.1 Å². The second kappa shape index (κ2) is 8.52. The minimum atomic E-state index is -0.781. The van der Waals surface area contributed by atoms with Crippen LogP contribution in [0.5, 0.6) is 11.5 Å². The summed E-state index contributed by atoms with van der Waals surface area (Å²) in [4.78, 5) is 30.2. The maximum atomic E-state index is 13.8. The van der Waals surface area contributed by atoms with Crippen LogP contribution < -0.4 is 19.3 Å². The summed E-state index contributed by atoms with van der Waals surface area (Å²) in [6.45, 7) is 1.90. The van der Waals surface area contributed by atoms with Gasteiger partial charge in [0, 0.05) is 11.8 Å². The molecule has 3 aromatic carbocycles. The Labute approximate surface area is 181 Å². The molecular formula is C25H24N2O4. The number of para-hydroxylation sites is 1. The molecule has 2 amide bonds. The number of methoxy groups -OCH3 is 2. The van der Waals surface area contributed by atoms with Crippen molar-refractivity contribution in [3.63, 3.8) is 0 Å². The predicted octanol–water partition coefficient (Wildman–Crippen LogP) is 4.13. The number of piperazine rings is 1. The smallest absolute Gasteiger partial charge is 0.255 e. The van der Waals surface area contributed by atoms with E-state index in [0.29, 0.717) is 22.9 Å². The molecule has 1 aliphatic heterocycles. The van der Waals surface area contributed by atoms with Crippen molar-refractivity contribution in [1.82, 2.24) is 0 Å². The van der Waals surface area contributed by atoms with Crippen molar-refractivity contribution in [1.29, 1.82) is 0 Å². The van der Waals surface area contributed by atoms with Gasteiger partial charge in [-0.25, -0.2) is 0 Å². The van der Waals surface area contributed by atoms with Crippen LogP contribution in [0.3, 0.4) is 0 Å². The van der Waals surface area contributed by atoms with Crippen molar-refractivity contribution in [2.24, 2.45) is 0 Å². The van der Waals surface area contributed by atoms with Crippen LogP contribution in [0.2, 0.25) is 0 Å². The number of carbonyl (C=O) groups excluding carboxylic acids is 2. The van der Waals surface area contributed by atoms with Crippen molar-refractivity contribution in [2.45, 2.75) is 13.0 Å². The lowest BCUT2D eigenvalue weighted by molar-refractivity contribution is -0.128. The zero-order valence-corrected chi connectivity index (χ0v) is 17.7. The van der Waals surface area contributed by atoms with E-state index in [1.807, 2.05) is 61.5 Å². The Kier molecular flexibility index (Phi) is 5.62. The fourth-order valence-corrected chi connectivity index (χ4v) is 3.83. The number of hydrogen-bond acceptors (Lipinski definition) is 4. The van der Waals surface area contributed by atoms with E-state index in [1.165, 1.54) is 12.0 Å². The Hall–Kier alpha value is -3.80. The molecule has 1 atom stereocenters. The Bertz CT molecular complexity index is 1100.